The summed E-state index contributed by atoms with van der Waals surface area (Å²) in [6, 6.07) is 15.3. The summed E-state index contributed by atoms with van der Waals surface area (Å²) >= 11 is 0. The number of carbonyl (C=O) groups is 1. The van der Waals surface area contributed by atoms with Crippen LogP contribution in [0.15, 0.2) is 54.6 Å². The maximum Gasteiger partial charge on any atom is 0.242 e. The molecule has 0 unspecified atom stereocenters. The van der Waals surface area contributed by atoms with Crippen molar-refractivity contribution in [2.45, 2.75) is 13.3 Å². The Hall–Kier alpha value is -2.25. The minimum Gasteiger partial charge on any atom is -0.312 e. The summed E-state index contributed by atoms with van der Waals surface area (Å²) in [6.45, 7) is 2.01. The SMILES string of the molecule is CCN(C(=O)CN(CCc1ccccc1F)S(C)(=O)=O)c1ccccc1. The number of para-hydroxylation sites is 1. The highest BCUT2D eigenvalue weighted by Gasteiger charge is 2.23. The molecule has 0 saturated carbocycles. The van der Waals surface area contributed by atoms with Crippen LogP contribution in [0.1, 0.15) is 12.5 Å². The highest BCUT2D eigenvalue weighted by Crippen LogP contribution is 2.15. The van der Waals surface area contributed by atoms with Crippen molar-refractivity contribution < 1.29 is 17.6 Å². The van der Waals surface area contributed by atoms with Crippen LogP contribution in [0.5, 0.6) is 0 Å². The van der Waals surface area contributed by atoms with Crippen LogP contribution >= 0.6 is 0 Å². The van der Waals surface area contributed by atoms with E-state index >= 15 is 0 Å². The lowest BCUT2D eigenvalue weighted by Gasteiger charge is -2.25. The summed E-state index contributed by atoms with van der Waals surface area (Å²) in [6.07, 6.45) is 1.25. The number of hydrogen-bond acceptors (Lipinski definition) is 3. The zero-order valence-corrected chi connectivity index (χ0v) is 15.7. The highest BCUT2D eigenvalue weighted by molar-refractivity contribution is 7.88. The third kappa shape index (κ3) is 5.37. The van der Waals surface area contributed by atoms with E-state index in [0.29, 0.717) is 17.8 Å². The van der Waals surface area contributed by atoms with Crippen LogP contribution < -0.4 is 4.90 Å². The molecule has 0 bridgehead atoms. The van der Waals surface area contributed by atoms with Crippen molar-refractivity contribution in [1.29, 1.82) is 0 Å². The van der Waals surface area contributed by atoms with E-state index < -0.39 is 10.0 Å². The fourth-order valence-electron chi connectivity index (χ4n) is 2.66. The molecular weight excluding hydrogens is 355 g/mol. The molecule has 7 heteroatoms. The predicted molar refractivity (Wildman–Crippen MR) is 101 cm³/mol. The Bertz CT molecular complexity index is 841. The van der Waals surface area contributed by atoms with Crippen molar-refractivity contribution in [1.82, 2.24) is 4.31 Å². The Morgan fingerprint density at radius 3 is 2.23 bits per heavy atom. The fourth-order valence-corrected chi connectivity index (χ4v) is 3.42. The van der Waals surface area contributed by atoms with Gasteiger partial charge in [0.05, 0.1) is 12.8 Å². The summed E-state index contributed by atoms with van der Waals surface area (Å²) in [5, 5.41) is 0. The van der Waals surface area contributed by atoms with Crippen LogP contribution in [0.3, 0.4) is 0 Å². The first-order chi connectivity index (χ1) is 12.3. The number of likely N-dealkylation sites (N-methyl/N-ethyl adjacent to an activating group) is 1. The van der Waals surface area contributed by atoms with Crippen LogP contribution in [0.25, 0.3) is 0 Å². The van der Waals surface area contributed by atoms with Gasteiger partial charge >= 0.3 is 0 Å². The molecule has 26 heavy (non-hydrogen) atoms. The van der Waals surface area contributed by atoms with Crippen molar-refractivity contribution in [3.8, 4) is 0 Å². The average Bonchev–Trinajstić information content (AvgIpc) is 2.60. The van der Waals surface area contributed by atoms with Crippen LogP contribution in [0, 0.1) is 5.82 Å². The Balaban J connectivity index is 2.12. The van der Waals surface area contributed by atoms with Crippen LogP contribution in [-0.2, 0) is 21.2 Å². The van der Waals surface area contributed by atoms with Crippen LogP contribution in [0.2, 0.25) is 0 Å². The summed E-state index contributed by atoms with van der Waals surface area (Å²) < 4.78 is 39.0. The Kier molecular flexibility index (Phi) is 6.88. The van der Waals surface area contributed by atoms with Crippen molar-refractivity contribution in [2.24, 2.45) is 0 Å². The number of hydrogen-bond donors (Lipinski definition) is 0. The number of sulfonamides is 1. The maximum absolute atomic E-state index is 13.8. The zero-order chi connectivity index (χ0) is 19.2. The van der Waals surface area contributed by atoms with Crippen LogP contribution in [-0.4, -0.2) is 44.5 Å². The smallest absolute Gasteiger partial charge is 0.242 e. The molecule has 0 fully saturated rings. The molecule has 0 radical (unpaired) electrons. The molecule has 5 nitrogen and oxygen atoms in total. The largest absolute Gasteiger partial charge is 0.312 e. The Morgan fingerprint density at radius 2 is 1.65 bits per heavy atom. The van der Waals surface area contributed by atoms with Gasteiger partial charge in [0.1, 0.15) is 5.82 Å². The average molecular weight is 378 g/mol. The monoisotopic (exact) mass is 378 g/mol. The van der Waals surface area contributed by atoms with Gasteiger partial charge in [0, 0.05) is 18.8 Å². The normalized spacial score (nSPS) is 11.5. The lowest BCUT2D eigenvalue weighted by molar-refractivity contribution is -0.118. The molecule has 2 aromatic rings. The topological polar surface area (TPSA) is 57.7 Å². The molecule has 2 aromatic carbocycles. The van der Waals surface area contributed by atoms with E-state index in [2.05, 4.69) is 0 Å². The quantitative estimate of drug-likeness (QED) is 0.710. The summed E-state index contributed by atoms with van der Waals surface area (Å²) in [7, 11) is -3.60. The first-order valence-corrected chi connectivity index (χ1v) is 10.2. The molecule has 140 valence electrons. The van der Waals surface area contributed by atoms with E-state index in [9.17, 15) is 17.6 Å². The van der Waals surface area contributed by atoms with Gasteiger partial charge in [0.25, 0.3) is 0 Å². The highest BCUT2D eigenvalue weighted by atomic mass is 32.2. The molecule has 0 aliphatic rings. The van der Waals surface area contributed by atoms with Gasteiger partial charge in [0.15, 0.2) is 0 Å². The lowest BCUT2D eigenvalue weighted by atomic mass is 10.1. The van der Waals surface area contributed by atoms with Gasteiger partial charge in [-0.2, -0.15) is 4.31 Å². The zero-order valence-electron chi connectivity index (χ0n) is 14.9. The van der Waals surface area contributed by atoms with E-state index in [-0.39, 0.29) is 31.2 Å². The number of carbonyl (C=O) groups excluding carboxylic acids is 1. The van der Waals surface area contributed by atoms with E-state index in [4.69, 9.17) is 0 Å². The van der Waals surface area contributed by atoms with E-state index in [1.54, 1.807) is 30.3 Å². The molecule has 0 aliphatic heterocycles. The van der Waals surface area contributed by atoms with E-state index in [0.717, 1.165) is 10.6 Å². The molecule has 2 rings (SSSR count). The van der Waals surface area contributed by atoms with Gasteiger partial charge in [-0.05, 0) is 37.1 Å². The van der Waals surface area contributed by atoms with Gasteiger partial charge in [-0.1, -0.05) is 36.4 Å². The third-order valence-electron chi connectivity index (χ3n) is 4.05. The second-order valence-electron chi connectivity index (χ2n) is 5.91. The van der Waals surface area contributed by atoms with Gasteiger partial charge in [-0.25, -0.2) is 12.8 Å². The van der Waals surface area contributed by atoms with E-state index in [1.165, 1.54) is 11.0 Å². The maximum atomic E-state index is 13.8. The second kappa shape index (κ2) is 8.91. The molecule has 0 aromatic heterocycles. The molecule has 0 saturated heterocycles. The predicted octanol–water partition coefficient (Wildman–Crippen LogP) is 2.68. The minimum absolute atomic E-state index is 0.0395. The van der Waals surface area contributed by atoms with Crippen LogP contribution in [0.4, 0.5) is 10.1 Å². The van der Waals surface area contributed by atoms with Crippen molar-refractivity contribution >= 4 is 21.6 Å². The molecule has 1 amide bonds. The molecule has 0 N–H and O–H groups in total. The van der Waals surface area contributed by atoms with Gasteiger partial charge in [0.2, 0.25) is 15.9 Å². The van der Waals surface area contributed by atoms with Crippen molar-refractivity contribution in [3.63, 3.8) is 0 Å². The lowest BCUT2D eigenvalue weighted by Crippen LogP contribution is -2.43. The third-order valence-corrected chi connectivity index (χ3v) is 5.30. The number of rotatable bonds is 8. The first kappa shape index (κ1) is 20.1. The minimum atomic E-state index is -3.60. The number of nitrogens with zero attached hydrogens (tertiary/aromatic N) is 2. The number of amides is 1. The first-order valence-electron chi connectivity index (χ1n) is 8.37. The number of anilines is 1. The molecule has 0 atom stereocenters. The molecule has 0 heterocycles. The molecule has 0 aliphatic carbocycles. The summed E-state index contributed by atoms with van der Waals surface area (Å²) in [5.41, 5.74) is 1.13. The Morgan fingerprint density at radius 1 is 1.04 bits per heavy atom. The second-order valence-corrected chi connectivity index (χ2v) is 7.89. The Labute approximate surface area is 154 Å². The van der Waals surface area contributed by atoms with Gasteiger partial charge in [-0.15, -0.1) is 0 Å². The van der Waals surface area contributed by atoms with Gasteiger partial charge in [-0.3, -0.25) is 4.79 Å². The fraction of sp³-hybridized carbons (Fsp3) is 0.316. The number of halogens is 1. The molecule has 0 spiro atoms. The summed E-state index contributed by atoms with van der Waals surface area (Å²) in [4.78, 5) is 14.2. The van der Waals surface area contributed by atoms with E-state index in [1.807, 2.05) is 25.1 Å². The van der Waals surface area contributed by atoms with Crippen molar-refractivity contribution in [2.75, 3.05) is 30.8 Å². The van der Waals surface area contributed by atoms with Crippen molar-refractivity contribution in [3.05, 3.63) is 66.0 Å². The standard InChI is InChI=1S/C19H23FN2O3S/c1-3-22(17-10-5-4-6-11-17)19(23)15-21(26(2,24)25)14-13-16-9-7-8-12-18(16)20/h4-12H,3,13-15H2,1-2H3. The number of benzene rings is 2. The van der Waals surface area contributed by atoms with Gasteiger partial charge < -0.3 is 4.90 Å². The molecular formula is C19H23FN2O3S. The summed E-state index contributed by atoms with van der Waals surface area (Å²) in [5.74, 6) is -0.704.